The third-order valence-corrected chi connectivity index (χ3v) is 4.74. The van der Waals surface area contributed by atoms with Crippen LogP contribution in [-0.4, -0.2) is 87.1 Å². The molecule has 23 heavy (non-hydrogen) atoms. The molecule has 0 aliphatic carbocycles. The van der Waals surface area contributed by atoms with Crippen LogP contribution in [0.2, 0.25) is 0 Å². The van der Waals surface area contributed by atoms with Crippen molar-refractivity contribution in [2.75, 3.05) is 45.8 Å². The quantitative estimate of drug-likeness (QED) is 0.716. The molecule has 0 bridgehead atoms. The first-order valence-corrected chi connectivity index (χ1v) is 8.28. The largest absolute Gasteiger partial charge is 0.342 e. The van der Waals surface area contributed by atoms with Crippen molar-refractivity contribution in [1.82, 2.24) is 29.5 Å². The van der Waals surface area contributed by atoms with Gasteiger partial charge in [-0.05, 0) is 6.92 Å². The van der Waals surface area contributed by atoms with E-state index in [0.29, 0.717) is 19.5 Å². The molecule has 1 atom stereocenters. The maximum Gasteiger partial charge on any atom is 0.228 e. The number of aromatic nitrogens is 3. The van der Waals surface area contributed by atoms with Crippen molar-refractivity contribution in [2.24, 2.45) is 5.92 Å². The molecule has 1 aromatic rings. The first kappa shape index (κ1) is 15.9. The van der Waals surface area contributed by atoms with Gasteiger partial charge < -0.3 is 9.80 Å². The summed E-state index contributed by atoms with van der Waals surface area (Å²) in [6, 6.07) is 0. The molecule has 0 N–H and O–H groups in total. The SMILES string of the molecule is CCN1C[C@@H](C(=O)N2CCN(CCn3cncn3)CC2)CC1=O. The van der Waals surface area contributed by atoms with E-state index in [0.717, 1.165) is 39.3 Å². The number of likely N-dealkylation sites (tertiary alicyclic amines) is 1. The average Bonchev–Trinajstić information content (AvgIpc) is 3.22. The zero-order valence-corrected chi connectivity index (χ0v) is 13.6. The van der Waals surface area contributed by atoms with Crippen LogP contribution >= 0.6 is 0 Å². The Labute approximate surface area is 136 Å². The Bertz CT molecular complexity index is 538. The molecule has 2 amide bonds. The smallest absolute Gasteiger partial charge is 0.228 e. The van der Waals surface area contributed by atoms with Crippen LogP contribution in [0.4, 0.5) is 0 Å². The van der Waals surface area contributed by atoms with Gasteiger partial charge in [0.25, 0.3) is 0 Å². The molecule has 0 unspecified atom stereocenters. The predicted octanol–water partition coefficient (Wildman–Crippen LogP) is -0.709. The summed E-state index contributed by atoms with van der Waals surface area (Å²) in [4.78, 5) is 34.3. The van der Waals surface area contributed by atoms with Crippen molar-refractivity contribution < 1.29 is 9.59 Å². The number of hydrogen-bond acceptors (Lipinski definition) is 5. The number of nitrogens with zero attached hydrogens (tertiary/aromatic N) is 6. The van der Waals surface area contributed by atoms with Crippen LogP contribution < -0.4 is 0 Å². The molecular weight excluding hydrogens is 296 g/mol. The summed E-state index contributed by atoms with van der Waals surface area (Å²) < 4.78 is 1.82. The first-order chi connectivity index (χ1) is 11.2. The fraction of sp³-hybridized carbons (Fsp3) is 0.733. The summed E-state index contributed by atoms with van der Waals surface area (Å²) in [5.74, 6) is 0.103. The Morgan fingerprint density at radius 1 is 1.26 bits per heavy atom. The molecule has 0 aromatic carbocycles. The monoisotopic (exact) mass is 320 g/mol. The van der Waals surface area contributed by atoms with E-state index in [1.165, 1.54) is 0 Å². The van der Waals surface area contributed by atoms with E-state index in [2.05, 4.69) is 15.0 Å². The predicted molar refractivity (Wildman–Crippen MR) is 83.4 cm³/mol. The van der Waals surface area contributed by atoms with E-state index in [1.54, 1.807) is 17.6 Å². The van der Waals surface area contributed by atoms with Crippen LogP contribution in [0.15, 0.2) is 12.7 Å². The van der Waals surface area contributed by atoms with Crippen molar-refractivity contribution in [1.29, 1.82) is 0 Å². The molecule has 0 spiro atoms. The summed E-state index contributed by atoms with van der Waals surface area (Å²) >= 11 is 0. The second kappa shape index (κ2) is 7.08. The third-order valence-electron chi connectivity index (χ3n) is 4.74. The Morgan fingerprint density at radius 3 is 2.65 bits per heavy atom. The van der Waals surface area contributed by atoms with Gasteiger partial charge in [-0.3, -0.25) is 19.2 Å². The number of hydrogen-bond donors (Lipinski definition) is 0. The van der Waals surface area contributed by atoms with Gasteiger partial charge in [0.2, 0.25) is 11.8 Å². The van der Waals surface area contributed by atoms with E-state index >= 15 is 0 Å². The molecular formula is C15H24N6O2. The van der Waals surface area contributed by atoms with Gasteiger partial charge in [-0.25, -0.2) is 4.98 Å². The van der Waals surface area contributed by atoms with Gasteiger partial charge in [0.15, 0.2) is 0 Å². The topological polar surface area (TPSA) is 74.6 Å². The van der Waals surface area contributed by atoms with Gasteiger partial charge in [0.1, 0.15) is 12.7 Å². The van der Waals surface area contributed by atoms with Crippen LogP contribution in [0, 0.1) is 5.92 Å². The Balaban J connectivity index is 1.43. The molecule has 2 saturated heterocycles. The zero-order chi connectivity index (χ0) is 16.2. The molecule has 8 nitrogen and oxygen atoms in total. The fourth-order valence-corrected chi connectivity index (χ4v) is 3.29. The van der Waals surface area contributed by atoms with E-state index in [9.17, 15) is 9.59 Å². The molecule has 2 aliphatic rings. The van der Waals surface area contributed by atoms with Gasteiger partial charge in [-0.1, -0.05) is 0 Å². The standard InChI is InChI=1S/C15H24N6O2/c1-2-19-10-13(9-14(19)22)15(23)20-6-3-18(4-7-20)5-8-21-12-16-11-17-21/h11-13H,2-10H2,1H3/t13-/m0/s1. The number of carbonyl (C=O) groups is 2. The van der Waals surface area contributed by atoms with Crippen molar-refractivity contribution in [3.05, 3.63) is 12.7 Å². The van der Waals surface area contributed by atoms with Crippen LogP contribution in [0.5, 0.6) is 0 Å². The molecule has 126 valence electrons. The maximum absolute atomic E-state index is 12.6. The van der Waals surface area contributed by atoms with Gasteiger partial charge >= 0.3 is 0 Å². The van der Waals surface area contributed by atoms with Crippen molar-refractivity contribution in [2.45, 2.75) is 19.9 Å². The average molecular weight is 320 g/mol. The van der Waals surface area contributed by atoms with Crippen LogP contribution in [0.25, 0.3) is 0 Å². The van der Waals surface area contributed by atoms with Crippen LogP contribution in [-0.2, 0) is 16.1 Å². The lowest BCUT2D eigenvalue weighted by Gasteiger charge is -2.35. The third kappa shape index (κ3) is 3.69. The zero-order valence-electron chi connectivity index (χ0n) is 13.6. The molecule has 0 saturated carbocycles. The van der Waals surface area contributed by atoms with Crippen LogP contribution in [0.3, 0.4) is 0 Å². The number of amides is 2. The lowest BCUT2D eigenvalue weighted by molar-refractivity contribution is -0.137. The molecule has 3 heterocycles. The minimum absolute atomic E-state index is 0.109. The number of piperazine rings is 1. The van der Waals surface area contributed by atoms with Crippen LogP contribution in [0.1, 0.15) is 13.3 Å². The maximum atomic E-state index is 12.6. The molecule has 1 aromatic heterocycles. The summed E-state index contributed by atoms with van der Waals surface area (Å²) in [5.41, 5.74) is 0. The van der Waals surface area contributed by atoms with Gasteiger partial charge in [-0.15, -0.1) is 0 Å². The summed E-state index contributed by atoms with van der Waals surface area (Å²) in [6.45, 7) is 8.20. The Hall–Kier alpha value is -1.96. The Kier molecular flexibility index (Phi) is 4.90. The minimum atomic E-state index is -0.149. The lowest BCUT2D eigenvalue weighted by Crippen LogP contribution is -2.51. The minimum Gasteiger partial charge on any atom is -0.342 e. The summed E-state index contributed by atoms with van der Waals surface area (Å²) in [5, 5.41) is 4.10. The van der Waals surface area contributed by atoms with Crippen molar-refractivity contribution in [3.8, 4) is 0 Å². The summed E-state index contributed by atoms with van der Waals surface area (Å²) in [6.07, 6.45) is 3.63. The first-order valence-electron chi connectivity index (χ1n) is 8.28. The summed E-state index contributed by atoms with van der Waals surface area (Å²) in [7, 11) is 0. The van der Waals surface area contributed by atoms with Crippen molar-refractivity contribution >= 4 is 11.8 Å². The molecule has 2 aliphatic heterocycles. The van der Waals surface area contributed by atoms with Crippen molar-refractivity contribution in [3.63, 3.8) is 0 Å². The van der Waals surface area contributed by atoms with E-state index in [-0.39, 0.29) is 17.7 Å². The highest BCUT2D eigenvalue weighted by molar-refractivity contribution is 5.89. The highest BCUT2D eigenvalue weighted by Crippen LogP contribution is 2.20. The number of rotatable bonds is 5. The Morgan fingerprint density at radius 2 is 2.04 bits per heavy atom. The van der Waals surface area contributed by atoms with Gasteiger partial charge in [0, 0.05) is 52.2 Å². The van der Waals surface area contributed by atoms with E-state index in [1.807, 2.05) is 16.5 Å². The second-order valence-electron chi connectivity index (χ2n) is 6.16. The molecule has 2 fully saturated rings. The normalized spacial score (nSPS) is 22.8. The van der Waals surface area contributed by atoms with Gasteiger partial charge in [-0.2, -0.15) is 5.10 Å². The highest BCUT2D eigenvalue weighted by Gasteiger charge is 2.36. The molecule has 8 heteroatoms. The fourth-order valence-electron chi connectivity index (χ4n) is 3.29. The van der Waals surface area contributed by atoms with E-state index in [4.69, 9.17) is 0 Å². The molecule has 3 rings (SSSR count). The molecule has 0 radical (unpaired) electrons. The van der Waals surface area contributed by atoms with Gasteiger partial charge in [0.05, 0.1) is 12.5 Å². The highest BCUT2D eigenvalue weighted by atomic mass is 16.2. The second-order valence-corrected chi connectivity index (χ2v) is 6.16. The number of carbonyl (C=O) groups excluding carboxylic acids is 2. The lowest BCUT2D eigenvalue weighted by atomic mass is 10.1. The van der Waals surface area contributed by atoms with E-state index < -0.39 is 0 Å².